The minimum absolute atomic E-state index is 0.371. The summed E-state index contributed by atoms with van der Waals surface area (Å²) in [5.41, 5.74) is 1.39. The minimum atomic E-state index is -0.371. The fourth-order valence-corrected chi connectivity index (χ4v) is 2.55. The molecular formula is C15H17N3. The number of benzene rings is 1. The lowest BCUT2D eigenvalue weighted by molar-refractivity contribution is 0.359. The normalized spacial score (nSPS) is 17.7. The molecular weight excluding hydrogens is 222 g/mol. The molecule has 1 aliphatic carbocycles. The molecule has 1 fully saturated rings. The Morgan fingerprint density at radius 3 is 2.50 bits per heavy atom. The van der Waals surface area contributed by atoms with Gasteiger partial charge in [-0.3, -0.25) is 5.32 Å². The van der Waals surface area contributed by atoms with Gasteiger partial charge in [0.15, 0.2) is 0 Å². The highest BCUT2D eigenvalue weighted by molar-refractivity contribution is 5.41. The number of hydrogen-bond donors (Lipinski definition) is 1. The maximum absolute atomic E-state index is 9.31. The monoisotopic (exact) mass is 239 g/mol. The zero-order chi connectivity index (χ0) is 12.8. The summed E-state index contributed by atoms with van der Waals surface area (Å²) >= 11 is 0. The number of rotatable bonds is 3. The smallest absolute Gasteiger partial charge is 0.122 e. The molecule has 1 N–H and O–H groups in total. The maximum atomic E-state index is 9.31. The van der Waals surface area contributed by atoms with Gasteiger partial charge < -0.3 is 0 Å². The van der Waals surface area contributed by atoms with Gasteiger partial charge in [-0.15, -0.1) is 0 Å². The van der Waals surface area contributed by atoms with Gasteiger partial charge in [-0.25, -0.2) is 0 Å². The van der Waals surface area contributed by atoms with Crippen molar-refractivity contribution in [3.63, 3.8) is 0 Å². The Hall–Kier alpha value is -1.84. The molecule has 0 aliphatic heterocycles. The Balaban J connectivity index is 2.13. The van der Waals surface area contributed by atoms with Gasteiger partial charge in [-0.05, 0) is 18.9 Å². The van der Waals surface area contributed by atoms with E-state index in [4.69, 9.17) is 5.26 Å². The second-order valence-corrected chi connectivity index (χ2v) is 4.76. The van der Waals surface area contributed by atoms with Gasteiger partial charge in [0.05, 0.1) is 17.7 Å². The van der Waals surface area contributed by atoms with E-state index in [9.17, 15) is 5.26 Å². The van der Waals surface area contributed by atoms with Crippen LogP contribution in [0.15, 0.2) is 24.3 Å². The van der Waals surface area contributed by atoms with Crippen LogP contribution < -0.4 is 5.32 Å². The van der Waals surface area contributed by atoms with E-state index in [1.807, 2.05) is 18.2 Å². The Labute approximate surface area is 108 Å². The van der Waals surface area contributed by atoms with Crippen molar-refractivity contribution in [2.24, 2.45) is 0 Å². The third kappa shape index (κ3) is 2.88. The van der Waals surface area contributed by atoms with Gasteiger partial charge in [-0.1, -0.05) is 37.5 Å². The average Bonchev–Trinajstić information content (AvgIpc) is 2.46. The van der Waals surface area contributed by atoms with Gasteiger partial charge in [0.1, 0.15) is 6.04 Å². The molecule has 3 nitrogen and oxygen atoms in total. The van der Waals surface area contributed by atoms with Gasteiger partial charge in [0.25, 0.3) is 0 Å². The molecule has 92 valence electrons. The predicted octanol–water partition coefficient (Wildman–Crippen LogP) is 3.05. The summed E-state index contributed by atoms with van der Waals surface area (Å²) in [5.74, 6) is 0. The molecule has 3 heteroatoms. The number of nitrogens with one attached hydrogen (secondary N) is 1. The molecule has 0 saturated heterocycles. The van der Waals surface area contributed by atoms with Crippen LogP contribution in [0.4, 0.5) is 0 Å². The van der Waals surface area contributed by atoms with Crippen molar-refractivity contribution in [2.75, 3.05) is 0 Å². The minimum Gasteiger partial charge on any atom is -0.295 e. The van der Waals surface area contributed by atoms with Gasteiger partial charge in [0.2, 0.25) is 0 Å². The van der Waals surface area contributed by atoms with Crippen LogP contribution in [-0.4, -0.2) is 6.04 Å². The molecule has 0 bridgehead atoms. The van der Waals surface area contributed by atoms with Gasteiger partial charge in [0, 0.05) is 11.6 Å². The molecule has 0 heterocycles. The summed E-state index contributed by atoms with van der Waals surface area (Å²) < 4.78 is 0. The molecule has 1 atom stereocenters. The maximum Gasteiger partial charge on any atom is 0.122 e. The van der Waals surface area contributed by atoms with E-state index in [2.05, 4.69) is 17.5 Å². The fraction of sp³-hybridized carbons (Fsp3) is 0.467. The molecule has 1 aromatic carbocycles. The highest BCUT2D eigenvalue weighted by atomic mass is 14.9. The summed E-state index contributed by atoms with van der Waals surface area (Å²) in [6.07, 6.45) is 6.02. The fourth-order valence-electron chi connectivity index (χ4n) is 2.55. The lowest BCUT2D eigenvalue weighted by Gasteiger charge is -2.25. The molecule has 1 aromatic rings. The number of nitriles is 2. The van der Waals surface area contributed by atoms with Crippen molar-refractivity contribution in [1.29, 1.82) is 10.5 Å². The van der Waals surface area contributed by atoms with Crippen molar-refractivity contribution in [3.8, 4) is 12.1 Å². The SMILES string of the molecule is N#Cc1ccccc1C(C#N)NC1CCCCC1. The third-order valence-corrected chi connectivity index (χ3v) is 3.53. The number of hydrogen-bond acceptors (Lipinski definition) is 3. The Morgan fingerprint density at radius 1 is 1.11 bits per heavy atom. The van der Waals surface area contributed by atoms with Crippen LogP contribution in [0.2, 0.25) is 0 Å². The molecule has 18 heavy (non-hydrogen) atoms. The molecule has 1 unspecified atom stereocenters. The van der Waals surface area contributed by atoms with Gasteiger partial charge in [-0.2, -0.15) is 10.5 Å². The van der Waals surface area contributed by atoms with Crippen molar-refractivity contribution in [1.82, 2.24) is 5.32 Å². The zero-order valence-electron chi connectivity index (χ0n) is 10.4. The number of nitrogens with zero attached hydrogens (tertiary/aromatic N) is 2. The standard InChI is InChI=1S/C15H17N3/c16-10-12-6-4-5-9-14(12)15(11-17)18-13-7-2-1-3-8-13/h4-6,9,13,15,18H,1-3,7-8H2. The van der Waals surface area contributed by atoms with Crippen LogP contribution in [0.5, 0.6) is 0 Å². The second-order valence-electron chi connectivity index (χ2n) is 4.76. The molecule has 0 amide bonds. The van der Waals surface area contributed by atoms with Crippen LogP contribution in [0, 0.1) is 22.7 Å². The Morgan fingerprint density at radius 2 is 1.83 bits per heavy atom. The summed E-state index contributed by atoms with van der Waals surface area (Å²) in [4.78, 5) is 0. The van der Waals surface area contributed by atoms with Crippen LogP contribution in [0.1, 0.15) is 49.3 Å². The van der Waals surface area contributed by atoms with Crippen molar-refractivity contribution in [2.45, 2.75) is 44.2 Å². The van der Waals surface area contributed by atoms with Crippen molar-refractivity contribution >= 4 is 0 Å². The van der Waals surface area contributed by atoms with E-state index in [-0.39, 0.29) is 6.04 Å². The van der Waals surface area contributed by atoms with E-state index in [0.717, 1.165) is 18.4 Å². The van der Waals surface area contributed by atoms with E-state index in [1.165, 1.54) is 19.3 Å². The lowest BCUT2D eigenvalue weighted by Crippen LogP contribution is -2.34. The van der Waals surface area contributed by atoms with E-state index in [0.29, 0.717) is 11.6 Å². The summed E-state index contributed by atoms with van der Waals surface area (Å²) in [7, 11) is 0. The third-order valence-electron chi connectivity index (χ3n) is 3.53. The molecule has 0 radical (unpaired) electrons. The van der Waals surface area contributed by atoms with E-state index < -0.39 is 0 Å². The van der Waals surface area contributed by atoms with E-state index >= 15 is 0 Å². The lowest BCUT2D eigenvalue weighted by atomic mass is 9.93. The van der Waals surface area contributed by atoms with Crippen molar-refractivity contribution < 1.29 is 0 Å². The largest absolute Gasteiger partial charge is 0.295 e. The first kappa shape index (κ1) is 12.6. The topological polar surface area (TPSA) is 59.6 Å². The molecule has 1 saturated carbocycles. The van der Waals surface area contributed by atoms with Crippen LogP contribution in [0.3, 0.4) is 0 Å². The summed E-state index contributed by atoms with van der Waals surface area (Å²) in [5, 5.41) is 21.8. The van der Waals surface area contributed by atoms with Crippen LogP contribution in [-0.2, 0) is 0 Å². The highest BCUT2D eigenvalue weighted by Crippen LogP contribution is 2.23. The average molecular weight is 239 g/mol. The summed E-state index contributed by atoms with van der Waals surface area (Å²) in [6, 6.07) is 11.8. The quantitative estimate of drug-likeness (QED) is 0.881. The zero-order valence-corrected chi connectivity index (χ0v) is 10.4. The van der Waals surface area contributed by atoms with Gasteiger partial charge >= 0.3 is 0 Å². The van der Waals surface area contributed by atoms with E-state index in [1.54, 1.807) is 6.07 Å². The first-order valence-electron chi connectivity index (χ1n) is 6.50. The summed E-state index contributed by atoms with van der Waals surface area (Å²) in [6.45, 7) is 0. The highest BCUT2D eigenvalue weighted by Gasteiger charge is 2.20. The first-order chi connectivity index (χ1) is 8.85. The van der Waals surface area contributed by atoms with Crippen LogP contribution >= 0.6 is 0 Å². The molecule has 0 spiro atoms. The Bertz CT molecular complexity index is 475. The molecule has 2 rings (SSSR count). The molecule has 1 aliphatic rings. The second kappa shape index (κ2) is 6.19. The first-order valence-corrected chi connectivity index (χ1v) is 6.50. The molecule has 0 aromatic heterocycles. The van der Waals surface area contributed by atoms with Crippen molar-refractivity contribution in [3.05, 3.63) is 35.4 Å². The Kier molecular flexibility index (Phi) is 4.34. The van der Waals surface area contributed by atoms with Crippen LogP contribution in [0.25, 0.3) is 0 Å². The predicted molar refractivity (Wildman–Crippen MR) is 69.5 cm³/mol.